The molecule has 0 aromatic carbocycles. The molecule has 16 heavy (non-hydrogen) atoms. The van der Waals surface area contributed by atoms with E-state index in [1.807, 2.05) is 0 Å². The summed E-state index contributed by atoms with van der Waals surface area (Å²) in [6.07, 6.45) is 1.77. The van der Waals surface area contributed by atoms with Crippen molar-refractivity contribution in [1.82, 2.24) is 0 Å². The molecular formula is C7H13N3O6. The second-order valence-electron chi connectivity index (χ2n) is 1.65. The van der Waals surface area contributed by atoms with Crippen molar-refractivity contribution < 1.29 is 29.7 Å². The molecule has 9 heteroatoms. The molecule has 1 unspecified atom stereocenters. The number of isocyanates is 3. The predicted octanol–water partition coefficient (Wildman–Crippen LogP) is -1.58. The largest absolute Gasteiger partial charge is 0.396 e. The molecule has 0 fully saturated rings. The van der Waals surface area contributed by atoms with E-state index in [0.29, 0.717) is 0 Å². The molecule has 0 aliphatic heterocycles. The Morgan fingerprint density at radius 3 is 1.25 bits per heavy atom. The lowest BCUT2D eigenvalue weighted by molar-refractivity contribution is 0.0721. The fraction of sp³-hybridized carbons (Fsp3) is 0.571. The van der Waals surface area contributed by atoms with Gasteiger partial charge in [-0.05, 0) is 6.42 Å². The van der Waals surface area contributed by atoms with E-state index in [1.54, 1.807) is 0 Å². The highest BCUT2D eigenvalue weighted by Gasteiger charge is 1.96. The molecule has 0 aromatic heterocycles. The maximum absolute atomic E-state index is 8.45. The normalized spacial score (nSPS) is 7.69. The number of hydrogen-bond acceptors (Lipinski definition) is 9. The van der Waals surface area contributed by atoms with Crippen LogP contribution in [-0.4, -0.2) is 52.9 Å². The average Bonchev–Trinajstić information content (AvgIpc) is 2.21. The van der Waals surface area contributed by atoms with Crippen molar-refractivity contribution in [2.24, 2.45) is 0 Å². The van der Waals surface area contributed by atoms with Gasteiger partial charge in [-0.1, -0.05) is 0 Å². The van der Waals surface area contributed by atoms with E-state index in [-0.39, 0.29) is 19.6 Å². The minimum absolute atomic E-state index is 0.0677. The molecular weight excluding hydrogens is 222 g/mol. The maximum atomic E-state index is 8.45. The molecule has 0 aliphatic carbocycles. The molecule has 0 spiro atoms. The minimum Gasteiger partial charge on any atom is -0.396 e. The van der Waals surface area contributed by atoms with Gasteiger partial charge in [0, 0.05) is 6.61 Å². The van der Waals surface area contributed by atoms with Gasteiger partial charge in [-0.3, -0.25) is 0 Å². The van der Waals surface area contributed by atoms with Gasteiger partial charge in [-0.15, -0.1) is 0 Å². The Balaban J connectivity index is -0.0000000677. The zero-order chi connectivity index (χ0) is 13.8. The van der Waals surface area contributed by atoms with Crippen molar-refractivity contribution in [3.8, 4) is 0 Å². The van der Waals surface area contributed by atoms with Crippen LogP contribution >= 0.6 is 0 Å². The summed E-state index contributed by atoms with van der Waals surface area (Å²) in [6, 6.07) is 0. The quantitative estimate of drug-likeness (QED) is 0.253. The van der Waals surface area contributed by atoms with Crippen molar-refractivity contribution in [1.29, 1.82) is 16.2 Å². The van der Waals surface area contributed by atoms with Gasteiger partial charge >= 0.3 is 0 Å². The first-order valence-corrected chi connectivity index (χ1v) is 3.57. The molecule has 0 amide bonds. The van der Waals surface area contributed by atoms with Crippen LogP contribution in [0.4, 0.5) is 0 Å². The fourth-order valence-electron chi connectivity index (χ4n) is 0.240. The third-order valence-electron chi connectivity index (χ3n) is 0.673. The third kappa shape index (κ3) is 160. The summed E-state index contributed by atoms with van der Waals surface area (Å²) in [5, 5.41) is 40.9. The molecule has 0 aliphatic rings. The number of carbonyl (C=O) groups excluding carboxylic acids is 3. The van der Waals surface area contributed by atoms with E-state index in [0.717, 1.165) is 18.2 Å². The molecule has 0 saturated carbocycles. The Morgan fingerprint density at radius 1 is 0.938 bits per heavy atom. The Morgan fingerprint density at radius 2 is 1.19 bits per heavy atom. The van der Waals surface area contributed by atoms with E-state index < -0.39 is 6.10 Å². The number of nitrogens with one attached hydrogen (secondary N) is 3. The van der Waals surface area contributed by atoms with Crippen LogP contribution in [0.3, 0.4) is 0 Å². The van der Waals surface area contributed by atoms with Crippen LogP contribution in [0.1, 0.15) is 6.42 Å². The van der Waals surface area contributed by atoms with Gasteiger partial charge in [-0.25, -0.2) is 30.6 Å². The molecule has 9 nitrogen and oxygen atoms in total. The van der Waals surface area contributed by atoms with Crippen LogP contribution in [-0.2, 0) is 14.4 Å². The topological polar surface area (TPSA) is 183 Å². The van der Waals surface area contributed by atoms with Crippen LogP contribution in [0.2, 0.25) is 0 Å². The Hall–Kier alpha value is -1.98. The highest BCUT2D eigenvalue weighted by molar-refractivity contribution is 5.26. The summed E-state index contributed by atoms with van der Waals surface area (Å²) in [5.41, 5.74) is 0. The molecule has 1 atom stereocenters. The number of aliphatic hydroxyl groups excluding tert-OH is 3. The molecule has 0 heterocycles. The van der Waals surface area contributed by atoms with Crippen molar-refractivity contribution in [3.05, 3.63) is 0 Å². The van der Waals surface area contributed by atoms with Gasteiger partial charge in [-0.2, -0.15) is 0 Å². The van der Waals surface area contributed by atoms with Gasteiger partial charge in [0.25, 0.3) is 0 Å². The number of rotatable bonds is 3. The molecule has 0 bridgehead atoms. The predicted molar refractivity (Wildman–Crippen MR) is 50.0 cm³/mol. The lowest BCUT2D eigenvalue weighted by Crippen LogP contribution is -2.12. The van der Waals surface area contributed by atoms with Crippen molar-refractivity contribution >= 4 is 18.2 Å². The van der Waals surface area contributed by atoms with E-state index in [1.165, 1.54) is 0 Å². The Kier molecular flexibility index (Phi) is 56.5. The zero-order valence-electron chi connectivity index (χ0n) is 8.27. The van der Waals surface area contributed by atoms with Crippen molar-refractivity contribution in [2.45, 2.75) is 12.5 Å². The van der Waals surface area contributed by atoms with E-state index in [9.17, 15) is 0 Å². The average molecular weight is 235 g/mol. The molecule has 0 aromatic rings. The summed E-state index contributed by atoms with van der Waals surface area (Å²) < 4.78 is 0. The molecule has 6 N–H and O–H groups in total. The zero-order valence-corrected chi connectivity index (χ0v) is 8.27. The first kappa shape index (κ1) is 23.7. The highest BCUT2D eigenvalue weighted by Crippen LogP contribution is 1.84. The van der Waals surface area contributed by atoms with Gasteiger partial charge < -0.3 is 15.3 Å². The summed E-state index contributed by atoms with van der Waals surface area (Å²) in [6.45, 7) is -0.331. The monoisotopic (exact) mass is 235 g/mol. The van der Waals surface area contributed by atoms with E-state index in [2.05, 4.69) is 0 Å². The summed E-state index contributed by atoms with van der Waals surface area (Å²) >= 11 is 0. The van der Waals surface area contributed by atoms with Gasteiger partial charge in [0.15, 0.2) is 0 Å². The highest BCUT2D eigenvalue weighted by atomic mass is 16.3. The number of hydrogen-bond donors (Lipinski definition) is 6. The van der Waals surface area contributed by atoms with E-state index >= 15 is 0 Å². The van der Waals surface area contributed by atoms with E-state index in [4.69, 9.17) is 45.9 Å². The minimum atomic E-state index is -0.745. The fourth-order valence-corrected chi connectivity index (χ4v) is 0.240. The molecule has 0 saturated heterocycles. The van der Waals surface area contributed by atoms with Gasteiger partial charge in [0.05, 0.1) is 12.7 Å². The van der Waals surface area contributed by atoms with Crippen LogP contribution in [0.5, 0.6) is 0 Å². The maximum Gasteiger partial charge on any atom is 0.231 e. The Bertz CT molecular complexity index is 186. The standard InChI is InChI=1S/C4H10O3.3CHNO/c5-2-1-4(7)3-6;3*2-1-3/h4-7H,1-3H2;3*2H. The van der Waals surface area contributed by atoms with Crippen LogP contribution in [0.25, 0.3) is 0 Å². The smallest absolute Gasteiger partial charge is 0.231 e. The van der Waals surface area contributed by atoms with Crippen LogP contribution in [0, 0.1) is 16.2 Å². The second kappa shape index (κ2) is 38.2. The van der Waals surface area contributed by atoms with Gasteiger partial charge in [0.1, 0.15) is 0 Å². The summed E-state index contributed by atoms with van der Waals surface area (Å²) in [7, 11) is 0. The molecule has 0 radical (unpaired) electrons. The second-order valence-corrected chi connectivity index (χ2v) is 1.65. The van der Waals surface area contributed by atoms with Gasteiger partial charge in [0.2, 0.25) is 18.2 Å². The van der Waals surface area contributed by atoms with Crippen LogP contribution < -0.4 is 0 Å². The third-order valence-corrected chi connectivity index (χ3v) is 0.673. The first-order chi connectivity index (χ1) is 7.55. The first-order valence-electron chi connectivity index (χ1n) is 3.57. The molecule has 92 valence electrons. The lowest BCUT2D eigenvalue weighted by atomic mass is 10.3. The summed E-state index contributed by atoms with van der Waals surface area (Å²) in [5.74, 6) is 0. The molecule has 0 rings (SSSR count). The van der Waals surface area contributed by atoms with Crippen LogP contribution in [0.15, 0.2) is 0 Å². The Labute approximate surface area is 90.9 Å². The van der Waals surface area contributed by atoms with Crippen molar-refractivity contribution in [3.63, 3.8) is 0 Å². The SMILES string of the molecule is N=C=O.N=C=O.N=C=O.OCCC(O)CO. The lowest BCUT2D eigenvalue weighted by Gasteiger charge is -2.00. The van der Waals surface area contributed by atoms with Crippen molar-refractivity contribution in [2.75, 3.05) is 13.2 Å². The number of aliphatic hydroxyl groups is 3. The summed E-state index contributed by atoms with van der Waals surface area (Å²) in [4.78, 5) is 25.0.